The van der Waals surface area contributed by atoms with E-state index < -0.39 is 24.1 Å². The molecule has 4 nitrogen and oxygen atoms in total. The first kappa shape index (κ1) is 18.1. The standard InChI is InChI=1S/C20H18F2N2O2S/c21-10-17-15-11-27-19(23-18(25)13-6-2-1-3-7-13)24-20(15,12-26-17)14-8-4-5-9-16(14)22/h1-9,15,17H,10-12H2,(H,23,24,25)/t15-,17-,20-/m1/s1. The zero-order valence-electron chi connectivity index (χ0n) is 14.4. The van der Waals surface area contributed by atoms with E-state index in [4.69, 9.17) is 4.74 Å². The number of carbonyl (C=O) groups excluding carboxylic acids is 1. The average molecular weight is 388 g/mol. The van der Waals surface area contributed by atoms with Crippen LogP contribution in [0.1, 0.15) is 15.9 Å². The normalized spacial score (nSPS) is 27.0. The second-order valence-corrected chi connectivity index (χ2v) is 7.57. The lowest BCUT2D eigenvalue weighted by Gasteiger charge is -2.36. The number of benzene rings is 2. The minimum absolute atomic E-state index is 0.0818. The molecule has 1 amide bonds. The monoisotopic (exact) mass is 388 g/mol. The molecule has 2 aromatic rings. The molecule has 140 valence electrons. The molecule has 0 spiro atoms. The van der Waals surface area contributed by atoms with E-state index in [0.717, 1.165) is 0 Å². The molecule has 0 saturated carbocycles. The van der Waals surface area contributed by atoms with Gasteiger partial charge in [0.25, 0.3) is 5.91 Å². The number of nitrogens with one attached hydrogen (secondary N) is 1. The quantitative estimate of drug-likeness (QED) is 0.875. The lowest BCUT2D eigenvalue weighted by molar-refractivity contribution is 0.0721. The Morgan fingerprint density at radius 1 is 1.22 bits per heavy atom. The van der Waals surface area contributed by atoms with Crippen LogP contribution in [0, 0.1) is 11.7 Å². The first-order valence-electron chi connectivity index (χ1n) is 8.65. The molecule has 2 aliphatic heterocycles. The topological polar surface area (TPSA) is 50.7 Å². The van der Waals surface area contributed by atoms with Crippen LogP contribution in [0.2, 0.25) is 0 Å². The van der Waals surface area contributed by atoms with E-state index in [-0.39, 0.29) is 18.4 Å². The van der Waals surface area contributed by atoms with E-state index in [1.54, 1.807) is 42.5 Å². The number of aliphatic imine (C=N–C) groups is 1. The minimum Gasteiger partial charge on any atom is -0.372 e. The molecule has 2 aliphatic rings. The molecule has 2 aromatic carbocycles. The van der Waals surface area contributed by atoms with Crippen LogP contribution in [-0.2, 0) is 10.3 Å². The number of hydrogen-bond donors (Lipinski definition) is 1. The van der Waals surface area contributed by atoms with Crippen molar-refractivity contribution in [2.45, 2.75) is 11.6 Å². The summed E-state index contributed by atoms with van der Waals surface area (Å²) < 4.78 is 33.6. The lowest BCUT2D eigenvalue weighted by atomic mass is 9.79. The second kappa shape index (κ2) is 7.40. The third kappa shape index (κ3) is 3.26. The van der Waals surface area contributed by atoms with Gasteiger partial charge in [-0.2, -0.15) is 0 Å². The van der Waals surface area contributed by atoms with Gasteiger partial charge in [0.1, 0.15) is 18.0 Å². The number of ether oxygens (including phenoxy) is 1. The van der Waals surface area contributed by atoms with Gasteiger partial charge in [-0.15, -0.1) is 0 Å². The van der Waals surface area contributed by atoms with Gasteiger partial charge in [0.05, 0.1) is 12.7 Å². The molecule has 1 N–H and O–H groups in total. The van der Waals surface area contributed by atoms with Gasteiger partial charge in [-0.3, -0.25) is 4.79 Å². The fraction of sp³-hybridized carbons (Fsp3) is 0.300. The third-order valence-electron chi connectivity index (χ3n) is 5.03. The van der Waals surface area contributed by atoms with E-state index in [9.17, 15) is 13.6 Å². The highest BCUT2D eigenvalue weighted by Crippen LogP contribution is 2.48. The number of nitrogens with zero attached hydrogens (tertiary/aromatic N) is 1. The van der Waals surface area contributed by atoms with Crippen LogP contribution in [0.15, 0.2) is 59.6 Å². The summed E-state index contributed by atoms with van der Waals surface area (Å²) in [6, 6.07) is 15.1. The highest BCUT2D eigenvalue weighted by atomic mass is 32.2. The summed E-state index contributed by atoms with van der Waals surface area (Å²) in [6.07, 6.45) is -0.632. The molecule has 4 rings (SSSR count). The number of thioether (sulfide) groups is 1. The Morgan fingerprint density at radius 3 is 2.70 bits per heavy atom. The molecule has 0 aliphatic carbocycles. The van der Waals surface area contributed by atoms with E-state index >= 15 is 0 Å². The molecule has 3 atom stereocenters. The number of hydrogen-bond acceptors (Lipinski definition) is 4. The lowest BCUT2D eigenvalue weighted by Crippen LogP contribution is -2.44. The van der Waals surface area contributed by atoms with Crippen LogP contribution in [0.4, 0.5) is 8.78 Å². The van der Waals surface area contributed by atoms with Crippen LogP contribution in [-0.4, -0.2) is 36.2 Å². The maximum absolute atomic E-state index is 14.6. The summed E-state index contributed by atoms with van der Waals surface area (Å²) in [5.74, 6) is -0.515. The van der Waals surface area contributed by atoms with Crippen molar-refractivity contribution >= 4 is 22.8 Å². The summed E-state index contributed by atoms with van der Waals surface area (Å²) >= 11 is 1.33. The van der Waals surface area contributed by atoms with Crippen molar-refractivity contribution in [1.29, 1.82) is 0 Å². The summed E-state index contributed by atoms with van der Waals surface area (Å²) in [7, 11) is 0. The molecular formula is C20H18F2N2O2S. The van der Waals surface area contributed by atoms with Crippen molar-refractivity contribution in [3.63, 3.8) is 0 Å². The predicted molar refractivity (Wildman–Crippen MR) is 101 cm³/mol. The Kier molecular flexibility index (Phi) is 4.97. The zero-order valence-corrected chi connectivity index (χ0v) is 15.2. The Labute approximate surface area is 160 Å². The van der Waals surface area contributed by atoms with Crippen LogP contribution in [0.3, 0.4) is 0 Å². The average Bonchev–Trinajstić information content (AvgIpc) is 3.07. The third-order valence-corrected chi connectivity index (χ3v) is 6.02. The fourth-order valence-electron chi connectivity index (χ4n) is 3.63. The zero-order chi connectivity index (χ0) is 18.9. The van der Waals surface area contributed by atoms with Crippen LogP contribution >= 0.6 is 11.8 Å². The highest BCUT2D eigenvalue weighted by Gasteiger charge is 2.54. The van der Waals surface area contributed by atoms with Gasteiger partial charge in [0.2, 0.25) is 0 Å². The van der Waals surface area contributed by atoms with Crippen molar-refractivity contribution in [2.75, 3.05) is 19.0 Å². The molecule has 7 heteroatoms. The number of rotatable bonds is 3. The largest absolute Gasteiger partial charge is 0.372 e. The van der Waals surface area contributed by atoms with Crippen LogP contribution in [0.5, 0.6) is 0 Å². The first-order chi connectivity index (χ1) is 13.1. The van der Waals surface area contributed by atoms with Crippen molar-refractivity contribution in [3.05, 3.63) is 71.5 Å². The predicted octanol–water partition coefficient (Wildman–Crippen LogP) is 3.54. The van der Waals surface area contributed by atoms with Crippen LogP contribution < -0.4 is 5.32 Å². The van der Waals surface area contributed by atoms with Crippen molar-refractivity contribution in [2.24, 2.45) is 10.9 Å². The van der Waals surface area contributed by atoms with Crippen molar-refractivity contribution in [1.82, 2.24) is 5.32 Å². The van der Waals surface area contributed by atoms with E-state index in [1.807, 2.05) is 6.07 Å². The second-order valence-electron chi connectivity index (χ2n) is 6.56. The summed E-state index contributed by atoms with van der Waals surface area (Å²) in [4.78, 5) is 17.1. The Morgan fingerprint density at radius 2 is 1.96 bits per heavy atom. The number of amidine groups is 1. The molecule has 2 heterocycles. The molecule has 0 bridgehead atoms. The van der Waals surface area contributed by atoms with E-state index in [2.05, 4.69) is 10.3 Å². The molecule has 0 aromatic heterocycles. The van der Waals surface area contributed by atoms with E-state index in [1.165, 1.54) is 17.8 Å². The number of alkyl halides is 1. The molecule has 27 heavy (non-hydrogen) atoms. The molecule has 0 radical (unpaired) electrons. The van der Waals surface area contributed by atoms with Gasteiger partial charge >= 0.3 is 0 Å². The van der Waals surface area contributed by atoms with Gasteiger partial charge in [0, 0.05) is 22.8 Å². The number of fused-ring (bicyclic) bond motifs is 1. The van der Waals surface area contributed by atoms with Gasteiger partial charge < -0.3 is 10.1 Å². The smallest absolute Gasteiger partial charge is 0.257 e. The van der Waals surface area contributed by atoms with Crippen LogP contribution in [0.25, 0.3) is 0 Å². The number of carbonyl (C=O) groups is 1. The Balaban J connectivity index is 1.70. The van der Waals surface area contributed by atoms with Crippen molar-refractivity contribution in [3.8, 4) is 0 Å². The highest BCUT2D eigenvalue weighted by molar-refractivity contribution is 8.13. The summed E-state index contributed by atoms with van der Waals surface area (Å²) in [5, 5.41) is 3.19. The number of amides is 1. The summed E-state index contributed by atoms with van der Waals surface area (Å²) in [6.45, 7) is -0.568. The maximum Gasteiger partial charge on any atom is 0.257 e. The SMILES string of the molecule is O=C(NC1=N[C@@]2(c3ccccc3F)CO[C@H](CF)[C@H]2CS1)c1ccccc1. The fourth-order valence-corrected chi connectivity index (χ4v) is 4.85. The van der Waals surface area contributed by atoms with Crippen molar-refractivity contribution < 1.29 is 18.3 Å². The first-order valence-corrected chi connectivity index (χ1v) is 9.64. The van der Waals surface area contributed by atoms with Gasteiger partial charge in [-0.1, -0.05) is 48.2 Å². The van der Waals surface area contributed by atoms with Gasteiger partial charge in [0.15, 0.2) is 5.17 Å². The maximum atomic E-state index is 14.6. The molecule has 1 fully saturated rings. The number of halogens is 2. The molecule has 0 unspecified atom stereocenters. The molecule has 1 saturated heterocycles. The van der Waals surface area contributed by atoms with Gasteiger partial charge in [-0.05, 0) is 18.2 Å². The van der Waals surface area contributed by atoms with E-state index in [0.29, 0.717) is 22.0 Å². The molecular weight excluding hydrogens is 370 g/mol. The summed E-state index contributed by atoms with van der Waals surface area (Å²) in [5.41, 5.74) is -0.156. The minimum atomic E-state index is -1.04. The van der Waals surface area contributed by atoms with Gasteiger partial charge in [-0.25, -0.2) is 13.8 Å². The Hall–Kier alpha value is -2.25. The Bertz CT molecular complexity index is 877.